The minimum atomic E-state index is -0.534. The molecule has 1 N–H and O–H groups in total. The average molecular weight is 268 g/mol. The van der Waals surface area contributed by atoms with Gasteiger partial charge in [0.25, 0.3) is 0 Å². The van der Waals surface area contributed by atoms with Crippen molar-refractivity contribution in [2.75, 3.05) is 19.6 Å². The molecular formula is C15H28N2O2. The van der Waals surface area contributed by atoms with E-state index in [2.05, 4.69) is 30.6 Å². The molecule has 0 spiro atoms. The number of rotatable bonds is 4. The Hall–Kier alpha value is -0.610. The van der Waals surface area contributed by atoms with Crippen LogP contribution in [0.5, 0.6) is 0 Å². The van der Waals surface area contributed by atoms with E-state index in [-0.39, 0.29) is 5.91 Å². The molecule has 2 aliphatic rings. The quantitative estimate of drug-likeness (QED) is 0.842. The van der Waals surface area contributed by atoms with Crippen LogP contribution in [0.1, 0.15) is 52.9 Å². The summed E-state index contributed by atoms with van der Waals surface area (Å²) < 4.78 is 0. The van der Waals surface area contributed by atoms with Crippen molar-refractivity contribution in [1.82, 2.24) is 9.80 Å². The van der Waals surface area contributed by atoms with E-state index < -0.39 is 5.60 Å². The van der Waals surface area contributed by atoms with E-state index in [0.717, 1.165) is 25.7 Å². The van der Waals surface area contributed by atoms with Crippen molar-refractivity contribution < 1.29 is 9.90 Å². The standard InChI is InChI=1S/C15H28N2O2/c1-4-8-15(19)10-16(11-15)9-14(18)17-12(2)6-5-7-13(17)3/h12-13,19H,4-11H2,1-3H3. The van der Waals surface area contributed by atoms with Gasteiger partial charge in [-0.15, -0.1) is 0 Å². The molecule has 1 amide bonds. The Morgan fingerprint density at radius 1 is 1.26 bits per heavy atom. The molecule has 2 rings (SSSR count). The van der Waals surface area contributed by atoms with Gasteiger partial charge in [0.15, 0.2) is 0 Å². The van der Waals surface area contributed by atoms with Crippen LogP contribution in [0.25, 0.3) is 0 Å². The number of nitrogens with zero attached hydrogens (tertiary/aromatic N) is 2. The van der Waals surface area contributed by atoms with E-state index in [0.29, 0.717) is 31.7 Å². The predicted molar refractivity (Wildman–Crippen MR) is 75.9 cm³/mol. The highest BCUT2D eigenvalue weighted by Gasteiger charge is 2.41. The maximum atomic E-state index is 12.4. The lowest BCUT2D eigenvalue weighted by atomic mass is 9.89. The largest absolute Gasteiger partial charge is 0.387 e. The van der Waals surface area contributed by atoms with Gasteiger partial charge in [-0.05, 0) is 39.5 Å². The normalized spacial score (nSPS) is 31.1. The SMILES string of the molecule is CCCC1(O)CN(CC(=O)N2C(C)CCCC2C)C1. The number of likely N-dealkylation sites (tertiary alicyclic amines) is 2. The van der Waals surface area contributed by atoms with Gasteiger partial charge in [0.1, 0.15) is 0 Å². The molecule has 0 aromatic heterocycles. The summed E-state index contributed by atoms with van der Waals surface area (Å²) >= 11 is 0. The Bertz CT molecular complexity index is 316. The molecule has 0 aromatic carbocycles. The first-order chi connectivity index (χ1) is 8.95. The van der Waals surface area contributed by atoms with Gasteiger partial charge in [0.05, 0.1) is 12.1 Å². The number of carbonyl (C=O) groups is 1. The molecule has 0 bridgehead atoms. The van der Waals surface area contributed by atoms with Crippen molar-refractivity contribution in [2.24, 2.45) is 0 Å². The summed E-state index contributed by atoms with van der Waals surface area (Å²) in [5.41, 5.74) is -0.534. The highest BCUT2D eigenvalue weighted by molar-refractivity contribution is 5.79. The molecule has 110 valence electrons. The zero-order valence-electron chi connectivity index (χ0n) is 12.6. The number of hydrogen-bond acceptors (Lipinski definition) is 3. The summed E-state index contributed by atoms with van der Waals surface area (Å²) in [5, 5.41) is 10.1. The van der Waals surface area contributed by atoms with Crippen LogP contribution in [0.15, 0.2) is 0 Å². The maximum Gasteiger partial charge on any atom is 0.237 e. The fourth-order valence-corrected chi connectivity index (χ4v) is 3.71. The van der Waals surface area contributed by atoms with Gasteiger partial charge in [-0.3, -0.25) is 9.69 Å². The summed E-state index contributed by atoms with van der Waals surface area (Å²) in [4.78, 5) is 16.5. The number of β-amino-alcohol motifs (C(OH)–C–C–N with tert-alkyl or cyclic N) is 1. The lowest BCUT2D eigenvalue weighted by Gasteiger charge is -2.48. The van der Waals surface area contributed by atoms with Crippen LogP contribution >= 0.6 is 0 Å². The summed E-state index contributed by atoms with van der Waals surface area (Å²) in [5.74, 6) is 0.234. The van der Waals surface area contributed by atoms with E-state index in [9.17, 15) is 9.90 Å². The smallest absolute Gasteiger partial charge is 0.237 e. The molecule has 0 aliphatic carbocycles. The zero-order valence-corrected chi connectivity index (χ0v) is 12.6. The molecule has 2 aliphatic heterocycles. The summed E-state index contributed by atoms with van der Waals surface area (Å²) in [7, 11) is 0. The van der Waals surface area contributed by atoms with Gasteiger partial charge in [0, 0.05) is 25.2 Å². The van der Waals surface area contributed by atoms with Crippen LogP contribution in [0, 0.1) is 0 Å². The summed E-state index contributed by atoms with van der Waals surface area (Å²) in [6.07, 6.45) is 5.31. The zero-order chi connectivity index (χ0) is 14.0. The van der Waals surface area contributed by atoms with Crippen LogP contribution < -0.4 is 0 Å². The fraction of sp³-hybridized carbons (Fsp3) is 0.933. The minimum absolute atomic E-state index is 0.234. The highest BCUT2D eigenvalue weighted by atomic mass is 16.3. The maximum absolute atomic E-state index is 12.4. The first-order valence-corrected chi connectivity index (χ1v) is 7.71. The van der Waals surface area contributed by atoms with E-state index in [4.69, 9.17) is 0 Å². The van der Waals surface area contributed by atoms with Gasteiger partial charge in [-0.1, -0.05) is 13.3 Å². The fourth-order valence-electron chi connectivity index (χ4n) is 3.71. The molecule has 2 fully saturated rings. The first kappa shape index (κ1) is 14.8. The Morgan fingerprint density at radius 3 is 2.37 bits per heavy atom. The molecule has 0 saturated carbocycles. The summed E-state index contributed by atoms with van der Waals surface area (Å²) in [6.45, 7) is 8.17. The average Bonchev–Trinajstić information content (AvgIpc) is 2.26. The van der Waals surface area contributed by atoms with E-state index in [1.54, 1.807) is 0 Å². The van der Waals surface area contributed by atoms with Crippen molar-refractivity contribution in [1.29, 1.82) is 0 Å². The van der Waals surface area contributed by atoms with Crippen LogP contribution in [0.3, 0.4) is 0 Å². The molecule has 4 heteroatoms. The number of hydrogen-bond donors (Lipinski definition) is 1. The molecule has 2 heterocycles. The van der Waals surface area contributed by atoms with Gasteiger partial charge < -0.3 is 10.0 Å². The second-order valence-electron chi connectivity index (χ2n) is 6.55. The number of piperidine rings is 1. The summed E-state index contributed by atoms with van der Waals surface area (Å²) in [6, 6.07) is 0.735. The number of amides is 1. The van der Waals surface area contributed by atoms with Gasteiger partial charge in [-0.2, -0.15) is 0 Å². The Kier molecular flexibility index (Phi) is 4.51. The van der Waals surface area contributed by atoms with Gasteiger partial charge >= 0.3 is 0 Å². The van der Waals surface area contributed by atoms with E-state index >= 15 is 0 Å². The molecule has 2 unspecified atom stereocenters. The Morgan fingerprint density at radius 2 is 1.84 bits per heavy atom. The van der Waals surface area contributed by atoms with E-state index in [1.807, 2.05) is 0 Å². The minimum Gasteiger partial charge on any atom is -0.387 e. The molecule has 4 nitrogen and oxygen atoms in total. The lowest BCUT2D eigenvalue weighted by molar-refractivity contribution is -0.147. The third-order valence-corrected chi connectivity index (χ3v) is 4.59. The second-order valence-corrected chi connectivity index (χ2v) is 6.55. The Labute approximate surface area is 116 Å². The number of aliphatic hydroxyl groups is 1. The van der Waals surface area contributed by atoms with Crippen LogP contribution in [0.2, 0.25) is 0 Å². The molecule has 2 saturated heterocycles. The van der Waals surface area contributed by atoms with Crippen molar-refractivity contribution in [3.63, 3.8) is 0 Å². The lowest BCUT2D eigenvalue weighted by Crippen LogP contribution is -2.64. The molecule has 0 radical (unpaired) electrons. The van der Waals surface area contributed by atoms with Crippen LogP contribution in [0.4, 0.5) is 0 Å². The monoisotopic (exact) mass is 268 g/mol. The van der Waals surface area contributed by atoms with Gasteiger partial charge in [-0.25, -0.2) is 0 Å². The highest BCUT2D eigenvalue weighted by Crippen LogP contribution is 2.27. The molecule has 0 aromatic rings. The molecule has 2 atom stereocenters. The van der Waals surface area contributed by atoms with Crippen LogP contribution in [-0.4, -0.2) is 58.1 Å². The second kappa shape index (κ2) is 5.80. The topological polar surface area (TPSA) is 43.8 Å². The number of carbonyl (C=O) groups excluding carboxylic acids is 1. The third kappa shape index (κ3) is 3.29. The first-order valence-electron chi connectivity index (χ1n) is 7.71. The molecular weight excluding hydrogens is 240 g/mol. The third-order valence-electron chi connectivity index (χ3n) is 4.59. The van der Waals surface area contributed by atoms with Gasteiger partial charge in [0.2, 0.25) is 5.91 Å². The van der Waals surface area contributed by atoms with Crippen molar-refractivity contribution in [3.8, 4) is 0 Å². The van der Waals surface area contributed by atoms with Crippen molar-refractivity contribution in [2.45, 2.75) is 70.6 Å². The van der Waals surface area contributed by atoms with Crippen molar-refractivity contribution in [3.05, 3.63) is 0 Å². The predicted octanol–water partition coefficient (Wildman–Crippen LogP) is 1.62. The Balaban J connectivity index is 1.82. The van der Waals surface area contributed by atoms with E-state index in [1.165, 1.54) is 6.42 Å². The molecule has 19 heavy (non-hydrogen) atoms. The van der Waals surface area contributed by atoms with Crippen LogP contribution in [-0.2, 0) is 4.79 Å². The van der Waals surface area contributed by atoms with Crippen molar-refractivity contribution >= 4 is 5.91 Å².